The molecule has 0 saturated carbocycles. The Morgan fingerprint density at radius 3 is 2.89 bits per heavy atom. The summed E-state index contributed by atoms with van der Waals surface area (Å²) in [6.07, 6.45) is 7.89. The molecule has 1 unspecified atom stereocenters. The highest BCUT2D eigenvalue weighted by atomic mass is 35.5. The van der Waals surface area contributed by atoms with E-state index >= 15 is 0 Å². The maximum atomic E-state index is 13.0. The Bertz CT molecular complexity index is 1110. The van der Waals surface area contributed by atoms with E-state index in [0.29, 0.717) is 22.2 Å². The molecule has 1 atom stereocenters. The molecule has 2 aliphatic heterocycles. The summed E-state index contributed by atoms with van der Waals surface area (Å²) < 4.78 is 1.66. The molecular weight excluding hydrogens is 370 g/mol. The van der Waals surface area contributed by atoms with Crippen LogP contribution in [0.5, 0.6) is 0 Å². The molecule has 5 heteroatoms. The lowest BCUT2D eigenvalue weighted by Gasteiger charge is -2.29. The molecule has 2 aliphatic rings. The third-order valence-electron chi connectivity index (χ3n) is 6.09. The smallest absolute Gasteiger partial charge is 0.194 e. The number of halogens is 1. The van der Waals surface area contributed by atoms with E-state index in [-0.39, 0.29) is 5.78 Å². The van der Waals surface area contributed by atoms with Crippen molar-refractivity contribution in [2.75, 3.05) is 18.9 Å². The summed E-state index contributed by atoms with van der Waals surface area (Å²) in [6, 6.07) is 13.5. The monoisotopic (exact) mass is 391 g/mol. The molecule has 2 aromatic carbocycles. The van der Waals surface area contributed by atoms with Crippen molar-refractivity contribution in [3.05, 3.63) is 76.5 Å². The van der Waals surface area contributed by atoms with Gasteiger partial charge in [-0.25, -0.2) is 0 Å². The number of carbonyl (C=O) groups excluding carboxylic acids is 1. The Kier molecular flexibility index (Phi) is 4.26. The molecule has 0 aliphatic carbocycles. The maximum Gasteiger partial charge on any atom is 0.194 e. The minimum atomic E-state index is -0.0668. The first kappa shape index (κ1) is 17.5. The molecule has 142 valence electrons. The summed E-state index contributed by atoms with van der Waals surface area (Å²) in [7, 11) is 0. The summed E-state index contributed by atoms with van der Waals surface area (Å²) in [6.45, 7) is 2.19. The van der Waals surface area contributed by atoms with Gasteiger partial charge in [-0.05, 0) is 61.7 Å². The number of carbonyl (C=O) groups is 1. The van der Waals surface area contributed by atoms with Gasteiger partial charge in [-0.2, -0.15) is 0 Å². The molecule has 1 aromatic heterocycles. The molecule has 0 radical (unpaired) electrons. The number of nitrogens with zero attached hydrogens (tertiary/aromatic N) is 2. The summed E-state index contributed by atoms with van der Waals surface area (Å²) in [5, 5.41) is 1.50. The van der Waals surface area contributed by atoms with E-state index in [1.54, 1.807) is 16.8 Å². The molecule has 3 aromatic rings. The van der Waals surface area contributed by atoms with E-state index < -0.39 is 0 Å². The predicted octanol–water partition coefficient (Wildman–Crippen LogP) is 4.49. The first-order valence-corrected chi connectivity index (χ1v) is 10.1. The van der Waals surface area contributed by atoms with Crippen LogP contribution in [0.25, 0.3) is 16.5 Å². The van der Waals surface area contributed by atoms with Crippen LogP contribution in [0.4, 0.5) is 0 Å². The fraction of sp³-hybridized carbons (Fsp3) is 0.261. The molecule has 1 saturated heterocycles. The second-order valence-electron chi connectivity index (χ2n) is 7.72. The number of benzene rings is 2. The zero-order valence-corrected chi connectivity index (χ0v) is 16.3. The Hall–Kier alpha value is -2.56. The van der Waals surface area contributed by atoms with Crippen molar-refractivity contribution in [1.29, 1.82) is 0 Å². The van der Waals surface area contributed by atoms with Crippen LogP contribution in [-0.2, 0) is 0 Å². The highest BCUT2D eigenvalue weighted by molar-refractivity contribution is 6.35. The van der Waals surface area contributed by atoms with Crippen LogP contribution < -0.4 is 5.84 Å². The molecule has 0 spiro atoms. The SMILES string of the molecule is Nn1cc(C2=CCN3CCCC3C2)c2cc(C(=O)c3ccccc3Cl)ccc21. The molecule has 5 rings (SSSR count). The first-order valence-electron chi connectivity index (χ1n) is 9.74. The number of aromatic nitrogens is 1. The van der Waals surface area contributed by atoms with E-state index in [1.807, 2.05) is 36.5 Å². The number of ketones is 1. The summed E-state index contributed by atoms with van der Waals surface area (Å²) in [4.78, 5) is 15.6. The van der Waals surface area contributed by atoms with Gasteiger partial charge in [-0.1, -0.05) is 29.8 Å². The Morgan fingerprint density at radius 2 is 2.04 bits per heavy atom. The second-order valence-corrected chi connectivity index (χ2v) is 8.12. The average Bonchev–Trinajstić information content (AvgIpc) is 3.31. The summed E-state index contributed by atoms with van der Waals surface area (Å²) in [5.41, 5.74) is 4.56. The highest BCUT2D eigenvalue weighted by Crippen LogP contribution is 2.36. The van der Waals surface area contributed by atoms with Crippen LogP contribution in [0.3, 0.4) is 0 Å². The zero-order valence-electron chi connectivity index (χ0n) is 15.6. The largest absolute Gasteiger partial charge is 0.339 e. The van der Waals surface area contributed by atoms with Crippen molar-refractivity contribution in [2.24, 2.45) is 0 Å². The van der Waals surface area contributed by atoms with Crippen LogP contribution in [0, 0.1) is 0 Å². The molecule has 28 heavy (non-hydrogen) atoms. The molecular formula is C23H22ClN3O. The Morgan fingerprint density at radius 1 is 1.18 bits per heavy atom. The van der Waals surface area contributed by atoms with Crippen LogP contribution in [0.2, 0.25) is 5.02 Å². The van der Waals surface area contributed by atoms with E-state index in [9.17, 15) is 4.79 Å². The third-order valence-corrected chi connectivity index (χ3v) is 6.42. The van der Waals surface area contributed by atoms with Crippen LogP contribution >= 0.6 is 11.6 Å². The lowest BCUT2D eigenvalue weighted by atomic mass is 9.93. The number of rotatable bonds is 3. The number of hydrogen-bond donors (Lipinski definition) is 1. The Balaban J connectivity index is 1.57. The van der Waals surface area contributed by atoms with Gasteiger partial charge in [0.25, 0.3) is 0 Å². The van der Waals surface area contributed by atoms with Gasteiger partial charge >= 0.3 is 0 Å². The Labute approximate surface area is 169 Å². The molecule has 0 bridgehead atoms. The van der Waals surface area contributed by atoms with Crippen molar-refractivity contribution < 1.29 is 4.79 Å². The minimum absolute atomic E-state index is 0.0668. The van der Waals surface area contributed by atoms with E-state index in [0.717, 1.165) is 29.4 Å². The molecule has 2 N–H and O–H groups in total. The third kappa shape index (κ3) is 2.84. The van der Waals surface area contributed by atoms with Crippen molar-refractivity contribution in [1.82, 2.24) is 9.58 Å². The van der Waals surface area contributed by atoms with Gasteiger partial charge in [0.15, 0.2) is 5.78 Å². The lowest BCUT2D eigenvalue weighted by molar-refractivity contribution is 0.103. The fourth-order valence-corrected chi connectivity index (χ4v) is 4.83. The summed E-state index contributed by atoms with van der Waals surface area (Å²) >= 11 is 6.24. The average molecular weight is 392 g/mol. The minimum Gasteiger partial charge on any atom is -0.339 e. The fourth-order valence-electron chi connectivity index (χ4n) is 4.60. The molecule has 1 fully saturated rings. The number of fused-ring (bicyclic) bond motifs is 2. The standard InChI is InChI=1S/C23H22ClN3O/c24-21-6-2-1-5-18(21)23(28)16-7-8-22-19(13-16)20(14-27(22)25)15-9-11-26-10-3-4-17(26)12-15/h1-2,5-9,13-14,17H,3-4,10-12,25H2. The van der Waals surface area contributed by atoms with E-state index in [1.165, 1.54) is 25.0 Å². The van der Waals surface area contributed by atoms with Gasteiger partial charge in [0, 0.05) is 40.9 Å². The summed E-state index contributed by atoms with van der Waals surface area (Å²) in [5.74, 6) is 6.16. The topological polar surface area (TPSA) is 51.3 Å². The van der Waals surface area contributed by atoms with Gasteiger partial charge in [-0.3, -0.25) is 14.4 Å². The number of hydrogen-bond acceptors (Lipinski definition) is 3. The van der Waals surface area contributed by atoms with Gasteiger partial charge in [0.2, 0.25) is 0 Å². The highest BCUT2D eigenvalue weighted by Gasteiger charge is 2.29. The molecule has 3 heterocycles. The lowest BCUT2D eigenvalue weighted by Crippen LogP contribution is -2.32. The zero-order chi connectivity index (χ0) is 19.3. The van der Waals surface area contributed by atoms with Crippen LogP contribution in [0.1, 0.15) is 40.7 Å². The van der Waals surface area contributed by atoms with E-state index in [4.69, 9.17) is 17.4 Å². The van der Waals surface area contributed by atoms with Gasteiger partial charge in [0.1, 0.15) is 0 Å². The molecule has 4 nitrogen and oxygen atoms in total. The van der Waals surface area contributed by atoms with Crippen molar-refractivity contribution >= 4 is 33.9 Å². The van der Waals surface area contributed by atoms with Gasteiger partial charge in [0.05, 0.1) is 10.5 Å². The maximum absolute atomic E-state index is 13.0. The van der Waals surface area contributed by atoms with Crippen molar-refractivity contribution in [2.45, 2.75) is 25.3 Å². The quantitative estimate of drug-likeness (QED) is 0.528. The van der Waals surface area contributed by atoms with Crippen LogP contribution in [-0.4, -0.2) is 34.5 Å². The van der Waals surface area contributed by atoms with Crippen LogP contribution in [0.15, 0.2) is 54.7 Å². The normalized spacial score (nSPS) is 19.6. The molecule has 0 amide bonds. The number of nitrogen functional groups attached to an aromatic ring is 1. The van der Waals surface area contributed by atoms with Gasteiger partial charge in [-0.15, -0.1) is 0 Å². The predicted molar refractivity (Wildman–Crippen MR) is 114 cm³/mol. The first-order chi connectivity index (χ1) is 13.6. The van der Waals surface area contributed by atoms with Crippen molar-refractivity contribution in [3.8, 4) is 0 Å². The second kappa shape index (κ2) is 6.80. The number of nitrogens with two attached hydrogens (primary N) is 1. The van der Waals surface area contributed by atoms with Gasteiger partial charge < -0.3 is 5.84 Å². The van der Waals surface area contributed by atoms with E-state index in [2.05, 4.69) is 11.0 Å². The van der Waals surface area contributed by atoms with Crippen molar-refractivity contribution in [3.63, 3.8) is 0 Å².